The molecule has 22 heavy (non-hydrogen) atoms. The lowest BCUT2D eigenvalue weighted by Crippen LogP contribution is -2.14. The minimum Gasteiger partial charge on any atom is -0.481 e. The SMILES string of the molecule is Nc1nc(N)c2c(n1)c(CC(=O)O)cc1c(N)[nH]c(=O)nc12. The lowest BCUT2D eigenvalue weighted by molar-refractivity contribution is -0.136. The van der Waals surface area contributed by atoms with Gasteiger partial charge in [-0.05, 0) is 11.6 Å². The van der Waals surface area contributed by atoms with E-state index in [9.17, 15) is 9.59 Å². The molecule has 0 radical (unpaired) electrons. The van der Waals surface area contributed by atoms with Crippen LogP contribution < -0.4 is 22.9 Å². The van der Waals surface area contributed by atoms with Crippen molar-refractivity contribution in [3.8, 4) is 0 Å². The molecule has 1 aromatic carbocycles. The number of nitrogen functional groups attached to an aromatic ring is 3. The van der Waals surface area contributed by atoms with Crippen LogP contribution in [0.2, 0.25) is 0 Å². The van der Waals surface area contributed by atoms with Gasteiger partial charge in [-0.25, -0.2) is 9.78 Å². The van der Waals surface area contributed by atoms with Crippen molar-refractivity contribution in [2.75, 3.05) is 17.2 Å². The Balaban J connectivity index is 2.59. The number of carboxylic acid groups (broad SMARTS) is 1. The van der Waals surface area contributed by atoms with Crippen LogP contribution in [0.5, 0.6) is 0 Å². The van der Waals surface area contributed by atoms with Crippen molar-refractivity contribution < 1.29 is 9.90 Å². The summed E-state index contributed by atoms with van der Waals surface area (Å²) in [7, 11) is 0. The van der Waals surface area contributed by atoms with Gasteiger partial charge < -0.3 is 22.3 Å². The second-order valence-corrected chi connectivity index (χ2v) is 4.65. The zero-order valence-corrected chi connectivity index (χ0v) is 11.1. The van der Waals surface area contributed by atoms with Crippen LogP contribution in [0.25, 0.3) is 21.8 Å². The molecule has 0 bridgehead atoms. The number of hydrogen-bond acceptors (Lipinski definition) is 8. The van der Waals surface area contributed by atoms with E-state index in [0.29, 0.717) is 10.9 Å². The maximum Gasteiger partial charge on any atom is 0.347 e. The Kier molecular flexibility index (Phi) is 2.80. The number of rotatable bonds is 2. The van der Waals surface area contributed by atoms with Crippen molar-refractivity contribution in [3.05, 3.63) is 22.1 Å². The van der Waals surface area contributed by atoms with E-state index in [2.05, 4.69) is 19.9 Å². The number of carboxylic acids is 1. The molecule has 0 saturated carbocycles. The molecule has 0 fully saturated rings. The van der Waals surface area contributed by atoms with Gasteiger partial charge in [0.25, 0.3) is 0 Å². The smallest absolute Gasteiger partial charge is 0.347 e. The van der Waals surface area contributed by atoms with E-state index < -0.39 is 11.7 Å². The Morgan fingerprint density at radius 3 is 2.59 bits per heavy atom. The van der Waals surface area contributed by atoms with Crippen molar-refractivity contribution in [2.45, 2.75) is 6.42 Å². The van der Waals surface area contributed by atoms with Gasteiger partial charge in [-0.15, -0.1) is 0 Å². The molecule has 0 aliphatic heterocycles. The summed E-state index contributed by atoms with van der Waals surface area (Å²) in [5, 5.41) is 9.65. The fraction of sp³-hybridized carbons (Fsp3) is 0.0833. The quantitative estimate of drug-likeness (QED) is 0.379. The number of H-pyrrole nitrogens is 1. The first-order chi connectivity index (χ1) is 10.4. The summed E-state index contributed by atoms with van der Waals surface area (Å²) >= 11 is 0. The Bertz CT molecular complexity index is 996. The number of hydrogen-bond donors (Lipinski definition) is 5. The van der Waals surface area contributed by atoms with Gasteiger partial charge in [0.05, 0.1) is 22.8 Å². The van der Waals surface area contributed by atoms with Crippen molar-refractivity contribution in [3.63, 3.8) is 0 Å². The summed E-state index contributed by atoms with van der Waals surface area (Å²) in [5.41, 5.74) is 17.3. The van der Waals surface area contributed by atoms with Crippen molar-refractivity contribution in [2.24, 2.45) is 0 Å². The molecule has 0 saturated heterocycles. The number of carbonyl (C=O) groups is 1. The van der Waals surface area contributed by atoms with Gasteiger partial charge in [0, 0.05) is 5.39 Å². The monoisotopic (exact) mass is 301 g/mol. The van der Waals surface area contributed by atoms with Gasteiger partial charge in [0.15, 0.2) is 0 Å². The predicted molar refractivity (Wildman–Crippen MR) is 80.0 cm³/mol. The molecule has 10 nitrogen and oxygen atoms in total. The Morgan fingerprint density at radius 1 is 1.18 bits per heavy atom. The van der Waals surface area contributed by atoms with Crippen LogP contribution in [0, 0.1) is 0 Å². The lowest BCUT2D eigenvalue weighted by atomic mass is 10.0. The lowest BCUT2D eigenvalue weighted by Gasteiger charge is -2.10. The number of aliphatic carboxylic acids is 1. The highest BCUT2D eigenvalue weighted by Gasteiger charge is 2.17. The number of fused-ring (bicyclic) bond motifs is 3. The number of nitrogens with two attached hydrogens (primary N) is 3. The van der Waals surface area contributed by atoms with E-state index >= 15 is 0 Å². The number of benzene rings is 1. The topological polar surface area (TPSA) is 187 Å². The molecule has 0 amide bonds. The molecule has 8 N–H and O–H groups in total. The minimum atomic E-state index is -1.06. The van der Waals surface area contributed by atoms with Crippen LogP contribution in [-0.4, -0.2) is 31.0 Å². The van der Waals surface area contributed by atoms with Gasteiger partial charge in [0.2, 0.25) is 5.95 Å². The highest BCUT2D eigenvalue weighted by molar-refractivity contribution is 6.13. The summed E-state index contributed by atoms with van der Waals surface area (Å²) in [5.74, 6) is -1.11. The second kappa shape index (κ2) is 4.55. The Morgan fingerprint density at radius 2 is 1.91 bits per heavy atom. The molecular formula is C12H11N7O3. The molecule has 0 aliphatic carbocycles. The van der Waals surface area contributed by atoms with Crippen molar-refractivity contribution in [1.29, 1.82) is 0 Å². The van der Waals surface area contributed by atoms with Crippen LogP contribution in [0.4, 0.5) is 17.6 Å². The first-order valence-electron chi connectivity index (χ1n) is 6.12. The zero-order chi connectivity index (χ0) is 16.0. The molecule has 0 spiro atoms. The summed E-state index contributed by atoms with van der Waals surface area (Å²) in [6, 6.07) is 1.50. The van der Waals surface area contributed by atoms with Crippen LogP contribution in [0.15, 0.2) is 10.9 Å². The van der Waals surface area contributed by atoms with Crippen LogP contribution in [0.3, 0.4) is 0 Å². The van der Waals surface area contributed by atoms with E-state index in [1.54, 1.807) is 0 Å². The van der Waals surface area contributed by atoms with Gasteiger partial charge in [-0.3, -0.25) is 9.78 Å². The number of aromatic nitrogens is 4. The summed E-state index contributed by atoms with van der Waals surface area (Å²) in [6.07, 6.45) is -0.319. The average Bonchev–Trinajstić information content (AvgIpc) is 2.38. The van der Waals surface area contributed by atoms with E-state index in [1.165, 1.54) is 6.07 Å². The van der Waals surface area contributed by atoms with Gasteiger partial charge >= 0.3 is 11.7 Å². The first-order valence-corrected chi connectivity index (χ1v) is 6.12. The first kappa shape index (κ1) is 13.5. The molecule has 3 rings (SSSR count). The van der Waals surface area contributed by atoms with Crippen molar-refractivity contribution in [1.82, 2.24) is 19.9 Å². The maximum atomic E-state index is 11.5. The van der Waals surface area contributed by atoms with E-state index in [1.807, 2.05) is 0 Å². The third-order valence-corrected chi connectivity index (χ3v) is 3.16. The zero-order valence-electron chi connectivity index (χ0n) is 11.1. The van der Waals surface area contributed by atoms with Gasteiger partial charge in [-0.2, -0.15) is 9.97 Å². The molecule has 2 heterocycles. The summed E-state index contributed by atoms with van der Waals surface area (Å²) in [6.45, 7) is 0. The number of aromatic amines is 1. The molecule has 112 valence electrons. The molecule has 0 atom stereocenters. The maximum absolute atomic E-state index is 11.5. The molecule has 10 heteroatoms. The summed E-state index contributed by atoms with van der Waals surface area (Å²) < 4.78 is 0. The average molecular weight is 301 g/mol. The van der Waals surface area contributed by atoms with Gasteiger partial charge in [-0.1, -0.05) is 0 Å². The van der Waals surface area contributed by atoms with E-state index in [4.69, 9.17) is 22.3 Å². The highest BCUT2D eigenvalue weighted by Crippen LogP contribution is 2.31. The van der Waals surface area contributed by atoms with Crippen LogP contribution in [0.1, 0.15) is 5.56 Å². The van der Waals surface area contributed by atoms with E-state index in [0.717, 1.165) is 0 Å². The largest absolute Gasteiger partial charge is 0.481 e. The normalized spacial score (nSPS) is 11.1. The Labute approximate surface area is 122 Å². The minimum absolute atomic E-state index is 0.00256. The van der Waals surface area contributed by atoms with E-state index in [-0.39, 0.29) is 40.4 Å². The summed E-state index contributed by atoms with van der Waals surface area (Å²) in [4.78, 5) is 36.6. The van der Waals surface area contributed by atoms with Gasteiger partial charge in [0.1, 0.15) is 11.6 Å². The number of nitrogens with one attached hydrogen (secondary N) is 1. The molecule has 0 aliphatic rings. The van der Waals surface area contributed by atoms with Crippen molar-refractivity contribution >= 4 is 45.4 Å². The highest BCUT2D eigenvalue weighted by atomic mass is 16.4. The third kappa shape index (κ3) is 2.02. The predicted octanol–water partition coefficient (Wildman–Crippen LogP) is -0.760. The fourth-order valence-electron chi connectivity index (χ4n) is 2.34. The number of nitrogens with zero attached hydrogens (tertiary/aromatic N) is 3. The third-order valence-electron chi connectivity index (χ3n) is 3.16. The second-order valence-electron chi connectivity index (χ2n) is 4.65. The molecule has 3 aromatic rings. The standard InChI is InChI=1S/C12H11N7O3/c13-9-4-1-3(2-5(20)21)7-6(8(4)17-12(22)19-9)10(14)18-11(15)16-7/h1H,2H2,(H,20,21)(H3,13,17,19,22)(H4,14,15,16,18). The fourth-order valence-corrected chi connectivity index (χ4v) is 2.34. The number of anilines is 3. The Hall–Kier alpha value is -3.43. The molecular weight excluding hydrogens is 290 g/mol. The molecule has 0 unspecified atom stereocenters. The van der Waals surface area contributed by atoms with Crippen LogP contribution in [-0.2, 0) is 11.2 Å². The van der Waals surface area contributed by atoms with Crippen LogP contribution >= 0.6 is 0 Å². The molecule has 2 aromatic heterocycles.